The van der Waals surface area contributed by atoms with Crippen molar-refractivity contribution in [2.75, 3.05) is 27.2 Å². The number of methoxy groups -OCH3 is 1. The van der Waals surface area contributed by atoms with Gasteiger partial charge in [-0.1, -0.05) is 6.05 Å². The standard InChI is InChI=1S/C8H13NO2/c1-9-5-3-7(4-6-9)8(10)11-2/h3H,4-6H2,1-2H3/i3D,4D2,5D2,6D2. The predicted octanol–water partition coefficient (Wildman–Crippen LogP) is 0.421. The minimum atomic E-state index is -2.85. The van der Waals surface area contributed by atoms with Gasteiger partial charge in [0.05, 0.1) is 8.48 Å². The van der Waals surface area contributed by atoms with E-state index in [9.17, 15) is 4.79 Å². The van der Waals surface area contributed by atoms with E-state index in [0.29, 0.717) is 4.90 Å². The molecule has 0 saturated heterocycles. The Kier molecular flexibility index (Phi) is 0.931. The Hall–Kier alpha value is -0.830. The van der Waals surface area contributed by atoms with E-state index in [1.807, 2.05) is 0 Å². The molecule has 3 nitrogen and oxygen atoms in total. The van der Waals surface area contributed by atoms with Gasteiger partial charge in [0.2, 0.25) is 0 Å². The van der Waals surface area contributed by atoms with Gasteiger partial charge < -0.3 is 9.64 Å². The van der Waals surface area contributed by atoms with Crippen molar-refractivity contribution in [2.24, 2.45) is 0 Å². The zero-order valence-electron chi connectivity index (χ0n) is 13.3. The maximum absolute atomic E-state index is 11.5. The van der Waals surface area contributed by atoms with E-state index < -0.39 is 37.0 Å². The summed E-state index contributed by atoms with van der Waals surface area (Å²) in [6, 6.07) is -0.933. The minimum absolute atomic E-state index is 0.453. The molecule has 0 atom stereocenters. The monoisotopic (exact) mass is 162 g/mol. The van der Waals surface area contributed by atoms with Crippen LogP contribution in [0.5, 0.6) is 0 Å². The highest BCUT2D eigenvalue weighted by Crippen LogP contribution is 2.09. The van der Waals surface area contributed by atoms with Crippen LogP contribution in [0.1, 0.15) is 16.0 Å². The second-order valence-corrected chi connectivity index (χ2v) is 1.90. The Labute approximate surface area is 76.5 Å². The van der Waals surface area contributed by atoms with E-state index in [2.05, 4.69) is 4.74 Å². The SMILES string of the molecule is [2H]C1=C(C(=O)OC)C([2H])([2H])C([2H])([2H])N(C)C1([2H])[2H]. The fraction of sp³-hybridized carbons (Fsp3) is 0.625. The Balaban J connectivity index is 3.62. The molecule has 0 aromatic carbocycles. The van der Waals surface area contributed by atoms with Gasteiger partial charge in [-0.05, 0) is 13.4 Å². The van der Waals surface area contributed by atoms with Crippen molar-refractivity contribution in [3.63, 3.8) is 0 Å². The number of hydrogen-bond acceptors (Lipinski definition) is 3. The number of carbonyl (C=O) groups is 1. The molecule has 0 fully saturated rings. The molecule has 0 bridgehead atoms. The average molecular weight is 162 g/mol. The lowest BCUT2D eigenvalue weighted by Crippen LogP contribution is -2.26. The van der Waals surface area contributed by atoms with Crippen LogP contribution < -0.4 is 0 Å². The molecule has 1 aliphatic rings. The summed E-state index contributed by atoms with van der Waals surface area (Å²) in [5, 5.41) is 0. The van der Waals surface area contributed by atoms with Crippen molar-refractivity contribution in [2.45, 2.75) is 6.37 Å². The van der Waals surface area contributed by atoms with E-state index >= 15 is 0 Å². The molecule has 0 aromatic rings. The molecule has 1 aliphatic heterocycles. The summed E-state index contributed by atoms with van der Waals surface area (Å²) in [6.45, 7) is -5.39. The molecule has 0 aliphatic carbocycles. The van der Waals surface area contributed by atoms with E-state index in [4.69, 9.17) is 9.60 Å². The topological polar surface area (TPSA) is 29.5 Å². The molecule has 1 heterocycles. The highest BCUT2D eigenvalue weighted by Gasteiger charge is 2.13. The summed E-state index contributed by atoms with van der Waals surface area (Å²) in [6.07, 6.45) is -2.85. The van der Waals surface area contributed by atoms with Crippen LogP contribution in [-0.2, 0) is 9.53 Å². The van der Waals surface area contributed by atoms with E-state index in [0.717, 1.165) is 14.2 Å². The molecule has 11 heavy (non-hydrogen) atoms. The molecular formula is C8H13NO2. The smallest absolute Gasteiger partial charge is 0.333 e. The third-order valence-corrected chi connectivity index (χ3v) is 1.09. The minimum Gasteiger partial charge on any atom is -0.466 e. The molecule has 0 saturated carbocycles. The third-order valence-electron chi connectivity index (χ3n) is 1.09. The van der Waals surface area contributed by atoms with Gasteiger partial charge in [-0.2, -0.15) is 0 Å². The van der Waals surface area contributed by atoms with Crippen molar-refractivity contribution in [3.05, 3.63) is 11.6 Å². The van der Waals surface area contributed by atoms with Crippen LogP contribution in [0, 0.1) is 0 Å². The molecule has 0 aromatic heterocycles. The lowest BCUT2D eigenvalue weighted by Gasteiger charge is -2.20. The van der Waals surface area contributed by atoms with Gasteiger partial charge >= 0.3 is 5.97 Å². The maximum atomic E-state index is 11.5. The number of nitrogens with zero attached hydrogens (tertiary/aromatic N) is 1. The van der Waals surface area contributed by atoms with Crippen LogP contribution >= 0.6 is 0 Å². The lowest BCUT2D eigenvalue weighted by molar-refractivity contribution is -0.136. The fourth-order valence-corrected chi connectivity index (χ4v) is 0.543. The largest absolute Gasteiger partial charge is 0.466 e. The van der Waals surface area contributed by atoms with Crippen LogP contribution in [0.4, 0.5) is 0 Å². The summed E-state index contributed by atoms with van der Waals surface area (Å²) in [5.41, 5.74) is -0.932. The maximum Gasteiger partial charge on any atom is 0.333 e. The second-order valence-electron chi connectivity index (χ2n) is 1.90. The van der Waals surface area contributed by atoms with Crippen molar-refractivity contribution >= 4 is 5.97 Å². The van der Waals surface area contributed by atoms with Crippen molar-refractivity contribution in [1.82, 2.24) is 4.90 Å². The van der Waals surface area contributed by atoms with E-state index in [1.54, 1.807) is 0 Å². The van der Waals surface area contributed by atoms with E-state index in [-0.39, 0.29) is 0 Å². The Morgan fingerprint density at radius 1 is 2.00 bits per heavy atom. The molecule has 0 radical (unpaired) electrons. The molecule has 1 rings (SSSR count). The molecular weight excluding hydrogens is 142 g/mol. The van der Waals surface area contributed by atoms with Gasteiger partial charge in [-0.3, -0.25) is 0 Å². The van der Waals surface area contributed by atoms with Gasteiger partial charge in [-0.25, -0.2) is 4.79 Å². The molecule has 3 heteroatoms. The van der Waals surface area contributed by atoms with Gasteiger partial charge in [-0.15, -0.1) is 0 Å². The summed E-state index contributed by atoms with van der Waals surface area (Å²) >= 11 is 0. The first-order valence-electron chi connectivity index (χ1n) is 6.46. The molecule has 0 spiro atoms. The van der Waals surface area contributed by atoms with Crippen molar-refractivity contribution < 1.29 is 19.1 Å². The fourth-order valence-electron chi connectivity index (χ4n) is 0.543. The highest BCUT2D eigenvalue weighted by atomic mass is 16.5. The molecule has 62 valence electrons. The quantitative estimate of drug-likeness (QED) is 0.523. The number of rotatable bonds is 1. The first kappa shape index (κ1) is 2.90. The summed E-state index contributed by atoms with van der Waals surface area (Å²) in [5.74, 6) is -1.24. The highest BCUT2D eigenvalue weighted by molar-refractivity contribution is 5.88. The normalized spacial score (nSPS) is 43.3. The zero-order valence-corrected chi connectivity index (χ0v) is 6.26. The molecule has 0 N–H and O–H groups in total. The Bertz CT molecular complexity index is 418. The van der Waals surface area contributed by atoms with Crippen LogP contribution in [0.25, 0.3) is 0 Å². The van der Waals surface area contributed by atoms with Gasteiger partial charge in [0.25, 0.3) is 0 Å². The Morgan fingerprint density at radius 3 is 3.36 bits per heavy atom. The molecule has 0 unspecified atom stereocenters. The number of hydrogen-bond donors (Lipinski definition) is 0. The number of ether oxygens (including phenoxy) is 1. The van der Waals surface area contributed by atoms with E-state index in [1.165, 1.54) is 0 Å². The average Bonchev–Trinajstić information content (AvgIpc) is 2.25. The Morgan fingerprint density at radius 2 is 2.73 bits per heavy atom. The second kappa shape index (κ2) is 3.53. The first-order valence-corrected chi connectivity index (χ1v) is 2.96. The number of likely N-dealkylation sites (N-methyl/N-ethyl adjacent to an activating group) is 1. The van der Waals surface area contributed by atoms with Gasteiger partial charge in [0.15, 0.2) is 0 Å². The van der Waals surface area contributed by atoms with Crippen LogP contribution in [-0.4, -0.2) is 38.0 Å². The first-order chi connectivity index (χ1) is 7.92. The number of carbonyl (C=O) groups excluding carboxylic acids is 1. The van der Waals surface area contributed by atoms with Crippen molar-refractivity contribution in [1.29, 1.82) is 0 Å². The predicted molar refractivity (Wildman–Crippen MR) is 42.2 cm³/mol. The summed E-state index contributed by atoms with van der Waals surface area (Å²) in [4.78, 5) is 11.9. The van der Waals surface area contributed by atoms with Gasteiger partial charge in [0.1, 0.15) is 0 Å². The number of esters is 1. The molecule has 0 amide bonds. The van der Waals surface area contributed by atoms with Gasteiger partial charge in [0, 0.05) is 26.8 Å². The van der Waals surface area contributed by atoms with Crippen LogP contribution in [0.3, 0.4) is 0 Å². The lowest BCUT2D eigenvalue weighted by atomic mass is 10.1. The zero-order chi connectivity index (χ0) is 14.5. The van der Waals surface area contributed by atoms with Crippen LogP contribution in [0.2, 0.25) is 0 Å². The third kappa shape index (κ3) is 2.05. The summed E-state index contributed by atoms with van der Waals surface area (Å²) in [7, 11) is 1.97. The summed E-state index contributed by atoms with van der Waals surface area (Å²) < 4.78 is 57.7. The van der Waals surface area contributed by atoms with Crippen LogP contribution in [0.15, 0.2) is 11.6 Å². The van der Waals surface area contributed by atoms with Crippen molar-refractivity contribution in [3.8, 4) is 0 Å².